The largest absolute Gasteiger partial charge is 0.497 e. The summed E-state index contributed by atoms with van der Waals surface area (Å²) in [5.41, 5.74) is 1.63. The van der Waals surface area contributed by atoms with E-state index < -0.39 is 10.0 Å². The van der Waals surface area contributed by atoms with E-state index in [2.05, 4.69) is 10.2 Å². The van der Waals surface area contributed by atoms with E-state index in [9.17, 15) is 13.2 Å². The van der Waals surface area contributed by atoms with Crippen LogP contribution in [0.25, 0.3) is 0 Å². The van der Waals surface area contributed by atoms with Crippen molar-refractivity contribution in [3.63, 3.8) is 0 Å². The number of anilines is 1. The number of thioether (sulfide) groups is 1. The van der Waals surface area contributed by atoms with Gasteiger partial charge in [0.15, 0.2) is 0 Å². The van der Waals surface area contributed by atoms with Gasteiger partial charge in [-0.05, 0) is 42.2 Å². The lowest BCUT2D eigenvalue weighted by atomic mass is 10.2. The summed E-state index contributed by atoms with van der Waals surface area (Å²) in [6, 6.07) is 15.1. The molecule has 0 spiro atoms. The molecule has 0 saturated carbocycles. The van der Waals surface area contributed by atoms with Gasteiger partial charge >= 0.3 is 0 Å². The lowest BCUT2D eigenvalue weighted by Crippen LogP contribution is -2.50. The number of hydrogen-bond acceptors (Lipinski definition) is 6. The molecule has 0 radical (unpaired) electrons. The minimum Gasteiger partial charge on any atom is -0.497 e. The van der Waals surface area contributed by atoms with Gasteiger partial charge in [-0.2, -0.15) is 4.31 Å². The Morgan fingerprint density at radius 2 is 1.74 bits per heavy atom. The van der Waals surface area contributed by atoms with E-state index in [-0.39, 0.29) is 18.2 Å². The molecule has 1 saturated heterocycles. The highest BCUT2D eigenvalue weighted by Crippen LogP contribution is 2.23. The van der Waals surface area contributed by atoms with Crippen LogP contribution in [0.3, 0.4) is 0 Å². The molecule has 1 aliphatic rings. The van der Waals surface area contributed by atoms with Crippen molar-refractivity contribution in [2.24, 2.45) is 0 Å². The maximum Gasteiger partial charge on any atom is 0.252 e. The van der Waals surface area contributed by atoms with E-state index in [0.717, 1.165) is 22.1 Å². The third-order valence-corrected chi connectivity index (χ3v) is 7.97. The van der Waals surface area contributed by atoms with Crippen LogP contribution in [0.2, 0.25) is 0 Å². The zero-order chi connectivity index (χ0) is 22.3. The Bertz CT molecular complexity index is 973. The summed E-state index contributed by atoms with van der Waals surface area (Å²) in [5.74, 6) is 1.31. The molecule has 1 fully saturated rings. The van der Waals surface area contributed by atoms with Crippen molar-refractivity contribution in [3.8, 4) is 5.75 Å². The van der Waals surface area contributed by atoms with Crippen LogP contribution in [0.5, 0.6) is 5.75 Å². The first-order valence-corrected chi connectivity index (χ1v) is 12.9. The summed E-state index contributed by atoms with van der Waals surface area (Å²) in [6.45, 7) is 4.22. The Morgan fingerprint density at radius 1 is 1.06 bits per heavy atom. The minimum atomic E-state index is -3.43. The van der Waals surface area contributed by atoms with Crippen molar-refractivity contribution in [3.05, 3.63) is 54.1 Å². The first-order valence-electron chi connectivity index (χ1n) is 10.3. The smallest absolute Gasteiger partial charge is 0.252 e. The molecule has 3 rings (SSSR count). The molecule has 9 heteroatoms. The van der Waals surface area contributed by atoms with Gasteiger partial charge in [0.2, 0.25) is 10.0 Å². The van der Waals surface area contributed by atoms with Crippen LogP contribution >= 0.6 is 11.8 Å². The third-order valence-electron chi connectivity index (χ3n) is 5.15. The second-order valence-electron chi connectivity index (χ2n) is 7.09. The van der Waals surface area contributed by atoms with Gasteiger partial charge in [0.1, 0.15) is 5.75 Å². The van der Waals surface area contributed by atoms with Gasteiger partial charge in [0.25, 0.3) is 5.91 Å². The highest BCUT2D eigenvalue weighted by atomic mass is 32.2. The Hall–Kier alpha value is -2.23. The number of nitrogens with one attached hydrogen (secondary N) is 1. The molecule has 7 nitrogen and oxygen atoms in total. The molecule has 168 valence electrons. The molecule has 0 aromatic heterocycles. The van der Waals surface area contributed by atoms with Crippen molar-refractivity contribution in [1.29, 1.82) is 0 Å². The molecule has 0 atom stereocenters. The molecule has 1 amide bonds. The highest BCUT2D eigenvalue weighted by molar-refractivity contribution is 7.99. The topological polar surface area (TPSA) is 79.0 Å². The Balaban J connectivity index is 1.49. The average Bonchev–Trinajstić information content (AvgIpc) is 2.79. The fourth-order valence-corrected chi connectivity index (χ4v) is 5.61. The van der Waals surface area contributed by atoms with Crippen molar-refractivity contribution >= 4 is 33.4 Å². The average molecular weight is 464 g/mol. The van der Waals surface area contributed by atoms with Crippen LogP contribution in [-0.4, -0.2) is 70.0 Å². The predicted molar refractivity (Wildman–Crippen MR) is 126 cm³/mol. The molecule has 0 bridgehead atoms. The van der Waals surface area contributed by atoms with Crippen molar-refractivity contribution in [2.75, 3.05) is 56.2 Å². The van der Waals surface area contributed by atoms with Gasteiger partial charge in [-0.3, -0.25) is 4.79 Å². The van der Waals surface area contributed by atoms with Gasteiger partial charge in [-0.15, -0.1) is 11.8 Å². The molecule has 0 unspecified atom stereocenters. The first kappa shape index (κ1) is 23.4. The molecule has 2 aromatic rings. The Kier molecular flexibility index (Phi) is 8.22. The van der Waals surface area contributed by atoms with Gasteiger partial charge in [-0.1, -0.05) is 19.1 Å². The van der Waals surface area contributed by atoms with Gasteiger partial charge in [0.05, 0.1) is 18.4 Å². The third kappa shape index (κ3) is 6.15. The van der Waals surface area contributed by atoms with Crippen LogP contribution in [0.1, 0.15) is 17.3 Å². The number of methoxy groups -OCH3 is 1. The fourth-order valence-electron chi connectivity index (χ4n) is 3.47. The van der Waals surface area contributed by atoms with E-state index >= 15 is 0 Å². The summed E-state index contributed by atoms with van der Waals surface area (Å²) in [4.78, 5) is 15.6. The second kappa shape index (κ2) is 10.9. The Morgan fingerprint density at radius 3 is 2.39 bits per heavy atom. The number of nitrogens with zero attached hydrogens (tertiary/aromatic N) is 2. The van der Waals surface area contributed by atoms with E-state index in [1.165, 1.54) is 4.31 Å². The summed E-state index contributed by atoms with van der Waals surface area (Å²) in [5, 5.41) is 2.76. The first-order chi connectivity index (χ1) is 14.9. The van der Waals surface area contributed by atoms with Crippen molar-refractivity contribution < 1.29 is 17.9 Å². The van der Waals surface area contributed by atoms with Crippen LogP contribution in [0, 0.1) is 0 Å². The number of rotatable bonds is 9. The number of amides is 1. The van der Waals surface area contributed by atoms with Crippen LogP contribution < -0.4 is 15.0 Å². The summed E-state index contributed by atoms with van der Waals surface area (Å²) >= 11 is 1.59. The SMILES string of the molecule is CCSc1ccccc1C(=O)NCCS(=O)(=O)N1CCN(c2ccc(OC)cc2)CC1. The number of hydrogen-bond donors (Lipinski definition) is 1. The quantitative estimate of drug-likeness (QED) is 0.576. The molecule has 0 aliphatic carbocycles. The van der Waals surface area contributed by atoms with Crippen LogP contribution in [0.15, 0.2) is 53.4 Å². The summed E-state index contributed by atoms with van der Waals surface area (Å²) < 4.78 is 32.2. The molecular formula is C22H29N3O4S2. The highest BCUT2D eigenvalue weighted by Gasteiger charge is 2.27. The number of benzene rings is 2. The predicted octanol–water partition coefficient (Wildman–Crippen LogP) is 2.69. The van der Waals surface area contributed by atoms with Crippen LogP contribution in [-0.2, 0) is 10.0 Å². The number of ether oxygens (including phenoxy) is 1. The standard InChI is InChI=1S/C22H29N3O4S2/c1-3-30-21-7-5-4-6-20(21)22(26)23-12-17-31(27,28)25-15-13-24(14-16-25)18-8-10-19(29-2)11-9-18/h4-11H,3,12-17H2,1-2H3,(H,23,26). The maximum absolute atomic E-state index is 12.7. The monoisotopic (exact) mass is 463 g/mol. The lowest BCUT2D eigenvalue weighted by Gasteiger charge is -2.35. The molecule has 1 N–H and O–H groups in total. The van der Waals surface area contributed by atoms with Crippen LogP contribution in [0.4, 0.5) is 5.69 Å². The Labute approximate surface area is 188 Å². The van der Waals surface area contributed by atoms with E-state index in [1.54, 1.807) is 24.9 Å². The van der Waals surface area contributed by atoms with E-state index in [1.807, 2.05) is 49.4 Å². The van der Waals surface area contributed by atoms with E-state index in [0.29, 0.717) is 31.7 Å². The van der Waals surface area contributed by atoms with Gasteiger partial charge < -0.3 is 15.0 Å². The number of piperazine rings is 1. The van der Waals surface area contributed by atoms with Crippen molar-refractivity contribution in [2.45, 2.75) is 11.8 Å². The molecule has 31 heavy (non-hydrogen) atoms. The molecule has 1 aliphatic heterocycles. The minimum absolute atomic E-state index is 0.0883. The van der Waals surface area contributed by atoms with Gasteiger partial charge in [0, 0.05) is 43.3 Å². The zero-order valence-corrected chi connectivity index (χ0v) is 19.5. The van der Waals surface area contributed by atoms with Crippen molar-refractivity contribution in [1.82, 2.24) is 9.62 Å². The number of carbonyl (C=O) groups excluding carboxylic acids is 1. The molecule has 2 aromatic carbocycles. The normalized spacial score (nSPS) is 15.0. The summed E-state index contributed by atoms with van der Waals surface area (Å²) in [7, 11) is -1.80. The van der Waals surface area contributed by atoms with E-state index in [4.69, 9.17) is 4.74 Å². The van der Waals surface area contributed by atoms with Gasteiger partial charge in [-0.25, -0.2) is 8.42 Å². The second-order valence-corrected chi connectivity index (χ2v) is 10.5. The molecule has 1 heterocycles. The zero-order valence-electron chi connectivity index (χ0n) is 17.9. The maximum atomic E-state index is 12.7. The number of carbonyl (C=O) groups is 1. The molecular weight excluding hydrogens is 434 g/mol. The lowest BCUT2D eigenvalue weighted by molar-refractivity contribution is 0.0953. The summed E-state index contributed by atoms with van der Waals surface area (Å²) in [6.07, 6.45) is 0. The number of sulfonamides is 1. The fraction of sp³-hybridized carbons (Fsp3) is 0.409.